The molecule has 166 valence electrons. The Bertz CT molecular complexity index is 1000. The van der Waals surface area contributed by atoms with Crippen LogP contribution >= 0.6 is 24.8 Å². The number of nitrogens with zero attached hydrogens (tertiary/aromatic N) is 3. The first kappa shape index (κ1) is 23.5. The second-order valence-corrected chi connectivity index (χ2v) is 8.14. The van der Waals surface area contributed by atoms with Gasteiger partial charge in [-0.05, 0) is 61.6 Å². The van der Waals surface area contributed by atoms with E-state index in [1.54, 1.807) is 7.11 Å². The Labute approximate surface area is 197 Å². The van der Waals surface area contributed by atoms with E-state index in [2.05, 4.69) is 58.3 Å². The molecule has 1 aliphatic carbocycles. The first-order chi connectivity index (χ1) is 14.3. The zero-order valence-corrected chi connectivity index (χ0v) is 19.7. The van der Waals surface area contributed by atoms with Crippen LogP contribution in [0, 0.1) is 0 Å². The van der Waals surface area contributed by atoms with E-state index >= 15 is 0 Å². The lowest BCUT2D eigenvalue weighted by atomic mass is 10.00. The molecule has 1 aliphatic heterocycles. The molecule has 0 N–H and O–H groups in total. The number of benzene rings is 2. The molecule has 0 unspecified atom stereocenters. The fourth-order valence-electron chi connectivity index (χ4n) is 4.87. The van der Waals surface area contributed by atoms with E-state index in [1.807, 2.05) is 0 Å². The van der Waals surface area contributed by atoms with E-state index in [4.69, 9.17) is 9.72 Å². The summed E-state index contributed by atoms with van der Waals surface area (Å²) in [5.74, 6) is 0.915. The fourth-order valence-corrected chi connectivity index (χ4v) is 4.87. The molecule has 2 aliphatic rings. The van der Waals surface area contributed by atoms with Crippen LogP contribution in [0.1, 0.15) is 30.5 Å². The first-order valence-corrected chi connectivity index (χ1v) is 10.9. The maximum absolute atomic E-state index is 5.30. The number of aryl methyl sites for hydroxylation is 1. The molecule has 0 amide bonds. The number of hydrogen-bond acceptors (Lipinski definition) is 4. The summed E-state index contributed by atoms with van der Waals surface area (Å²) in [5.41, 5.74) is 6.75. The zero-order valence-electron chi connectivity index (χ0n) is 18.0. The molecule has 1 aromatic heterocycles. The number of hydrogen-bond donors (Lipinski definition) is 0. The second-order valence-electron chi connectivity index (χ2n) is 8.14. The van der Waals surface area contributed by atoms with Crippen molar-refractivity contribution in [1.82, 2.24) is 4.98 Å². The molecule has 0 bridgehead atoms. The number of halogens is 2. The molecule has 1 saturated heterocycles. The van der Waals surface area contributed by atoms with Crippen molar-refractivity contribution in [2.75, 3.05) is 43.1 Å². The second kappa shape index (κ2) is 10.4. The van der Waals surface area contributed by atoms with Gasteiger partial charge in [0.15, 0.2) is 0 Å². The molecule has 0 atom stereocenters. The van der Waals surface area contributed by atoms with Gasteiger partial charge in [-0.1, -0.05) is 24.6 Å². The van der Waals surface area contributed by atoms with E-state index in [-0.39, 0.29) is 24.8 Å². The molecule has 5 rings (SSSR count). The van der Waals surface area contributed by atoms with Gasteiger partial charge in [0.25, 0.3) is 0 Å². The normalized spacial score (nSPS) is 16.0. The zero-order chi connectivity index (χ0) is 19.6. The number of ether oxygens (including phenoxy) is 1. The summed E-state index contributed by atoms with van der Waals surface area (Å²) in [6.07, 6.45) is 6.16. The minimum Gasteiger partial charge on any atom is -0.497 e. The van der Waals surface area contributed by atoms with Crippen molar-refractivity contribution in [3.63, 3.8) is 0 Å². The third kappa shape index (κ3) is 4.70. The average molecular weight is 460 g/mol. The van der Waals surface area contributed by atoms with Gasteiger partial charge >= 0.3 is 0 Å². The summed E-state index contributed by atoms with van der Waals surface area (Å²) in [6, 6.07) is 17.2. The monoisotopic (exact) mass is 459 g/mol. The summed E-state index contributed by atoms with van der Waals surface area (Å²) >= 11 is 0. The van der Waals surface area contributed by atoms with Gasteiger partial charge in [0.2, 0.25) is 0 Å². The largest absolute Gasteiger partial charge is 0.497 e. The number of pyridine rings is 1. The number of rotatable bonds is 3. The molecule has 31 heavy (non-hydrogen) atoms. The van der Waals surface area contributed by atoms with E-state index in [1.165, 1.54) is 53.7 Å². The van der Waals surface area contributed by atoms with Gasteiger partial charge in [0, 0.05) is 42.9 Å². The first-order valence-electron chi connectivity index (χ1n) is 10.9. The highest BCUT2D eigenvalue weighted by Crippen LogP contribution is 2.36. The van der Waals surface area contributed by atoms with Crippen LogP contribution in [0.5, 0.6) is 5.75 Å². The van der Waals surface area contributed by atoms with Gasteiger partial charge in [-0.2, -0.15) is 0 Å². The highest BCUT2D eigenvalue weighted by atomic mass is 35.5. The standard InChI is InChI=1S/C25H29N3O.2ClH/c1-29-20-13-11-19(12-14-20)27-15-17-28(18-16-27)25-21-7-3-2-4-9-23(21)26-24-10-6-5-8-22(24)25;;/h5-6,8,10-14H,2-4,7,9,15-18H2,1H3;2*1H. The predicted octanol–water partition coefficient (Wildman–Crippen LogP) is 5.68. The van der Waals surface area contributed by atoms with E-state index in [9.17, 15) is 0 Å². The lowest BCUT2D eigenvalue weighted by Gasteiger charge is -2.39. The topological polar surface area (TPSA) is 28.6 Å². The smallest absolute Gasteiger partial charge is 0.119 e. The molecule has 6 heteroatoms. The van der Waals surface area contributed by atoms with Crippen LogP contribution < -0.4 is 14.5 Å². The third-order valence-corrected chi connectivity index (χ3v) is 6.42. The highest BCUT2D eigenvalue weighted by Gasteiger charge is 2.24. The van der Waals surface area contributed by atoms with Gasteiger partial charge in [-0.25, -0.2) is 0 Å². The van der Waals surface area contributed by atoms with Crippen molar-refractivity contribution in [3.8, 4) is 5.75 Å². The third-order valence-electron chi connectivity index (χ3n) is 6.42. The molecule has 2 heterocycles. The van der Waals surface area contributed by atoms with Crippen LogP contribution in [0.2, 0.25) is 0 Å². The number of methoxy groups -OCH3 is 1. The number of para-hydroxylation sites is 1. The average Bonchev–Trinajstić information content (AvgIpc) is 3.03. The number of aromatic nitrogens is 1. The van der Waals surface area contributed by atoms with Crippen LogP contribution in [0.3, 0.4) is 0 Å². The van der Waals surface area contributed by atoms with Crippen molar-refractivity contribution < 1.29 is 4.74 Å². The number of fused-ring (bicyclic) bond motifs is 2. The molecular weight excluding hydrogens is 429 g/mol. The van der Waals surface area contributed by atoms with Gasteiger partial charge in [-0.3, -0.25) is 4.98 Å². The van der Waals surface area contributed by atoms with E-state index in [0.717, 1.165) is 43.9 Å². The Kier molecular flexibility index (Phi) is 7.90. The lowest BCUT2D eigenvalue weighted by molar-refractivity contribution is 0.415. The number of anilines is 2. The lowest BCUT2D eigenvalue weighted by Crippen LogP contribution is -2.47. The summed E-state index contributed by atoms with van der Waals surface area (Å²) < 4.78 is 5.30. The molecule has 1 fully saturated rings. The Morgan fingerprint density at radius 2 is 1.45 bits per heavy atom. The van der Waals surface area contributed by atoms with Crippen LogP contribution in [-0.4, -0.2) is 38.3 Å². The fraction of sp³-hybridized carbons (Fsp3) is 0.400. The summed E-state index contributed by atoms with van der Waals surface area (Å²) in [6.45, 7) is 4.18. The molecule has 0 radical (unpaired) electrons. The Hall–Kier alpha value is -2.17. The molecular formula is C25H31Cl2N3O. The maximum atomic E-state index is 5.30. The van der Waals surface area contributed by atoms with Crippen LogP contribution in [0.15, 0.2) is 48.5 Å². The van der Waals surface area contributed by atoms with Gasteiger partial charge in [0.05, 0.1) is 18.3 Å². The Morgan fingerprint density at radius 1 is 0.774 bits per heavy atom. The van der Waals surface area contributed by atoms with Crippen molar-refractivity contribution in [3.05, 3.63) is 59.8 Å². The van der Waals surface area contributed by atoms with Crippen molar-refractivity contribution >= 4 is 47.1 Å². The number of piperazine rings is 1. The van der Waals surface area contributed by atoms with Crippen molar-refractivity contribution in [1.29, 1.82) is 0 Å². The van der Waals surface area contributed by atoms with Crippen LogP contribution in [-0.2, 0) is 12.8 Å². The van der Waals surface area contributed by atoms with Gasteiger partial charge in [-0.15, -0.1) is 24.8 Å². The minimum absolute atomic E-state index is 0. The van der Waals surface area contributed by atoms with Crippen molar-refractivity contribution in [2.45, 2.75) is 32.1 Å². The van der Waals surface area contributed by atoms with Gasteiger partial charge < -0.3 is 14.5 Å². The molecule has 2 aromatic carbocycles. The molecule has 0 saturated carbocycles. The predicted molar refractivity (Wildman–Crippen MR) is 135 cm³/mol. The van der Waals surface area contributed by atoms with E-state index < -0.39 is 0 Å². The van der Waals surface area contributed by atoms with E-state index in [0.29, 0.717) is 0 Å². The maximum Gasteiger partial charge on any atom is 0.119 e. The van der Waals surface area contributed by atoms with Crippen molar-refractivity contribution in [2.24, 2.45) is 0 Å². The summed E-state index contributed by atoms with van der Waals surface area (Å²) in [5, 5.41) is 1.33. The van der Waals surface area contributed by atoms with Gasteiger partial charge in [0.1, 0.15) is 5.75 Å². The molecule has 3 aromatic rings. The molecule has 0 spiro atoms. The van der Waals surface area contributed by atoms with Crippen LogP contribution in [0.25, 0.3) is 10.9 Å². The summed E-state index contributed by atoms with van der Waals surface area (Å²) in [4.78, 5) is 10.2. The highest BCUT2D eigenvalue weighted by molar-refractivity contribution is 5.94. The Morgan fingerprint density at radius 3 is 2.19 bits per heavy atom. The van der Waals surface area contributed by atoms with Crippen LogP contribution in [0.4, 0.5) is 11.4 Å². The SMILES string of the molecule is COc1ccc(N2CCN(c3c4c(nc5ccccc35)CCCCC4)CC2)cc1.Cl.Cl. The Balaban J connectivity index is 0.00000136. The molecule has 4 nitrogen and oxygen atoms in total. The minimum atomic E-state index is 0. The summed E-state index contributed by atoms with van der Waals surface area (Å²) in [7, 11) is 1.72. The quantitative estimate of drug-likeness (QED) is 0.470.